The zero-order valence-corrected chi connectivity index (χ0v) is 21.6. The van der Waals surface area contributed by atoms with Crippen molar-refractivity contribution in [3.05, 3.63) is 108 Å². The Hall–Kier alpha value is -4.26. The molecule has 2 aromatic heterocycles. The average molecular weight is 498 g/mol. The molecule has 1 N–H and O–H groups in total. The van der Waals surface area contributed by atoms with E-state index in [2.05, 4.69) is 27.4 Å². The second-order valence-electron chi connectivity index (χ2n) is 9.26. The molecule has 1 atom stereocenters. The van der Waals surface area contributed by atoms with Crippen molar-refractivity contribution < 1.29 is 11.0 Å². The highest BCUT2D eigenvalue weighted by atomic mass is 16.2. The van der Waals surface area contributed by atoms with Crippen LogP contribution in [-0.2, 0) is 13.5 Å². The van der Waals surface area contributed by atoms with Gasteiger partial charge in [0.05, 0.1) is 5.56 Å². The Bertz CT molecular complexity index is 1340. The van der Waals surface area contributed by atoms with Gasteiger partial charge in [0.25, 0.3) is 11.8 Å². The lowest BCUT2D eigenvalue weighted by Gasteiger charge is -2.29. The van der Waals surface area contributed by atoms with E-state index in [0.717, 1.165) is 18.4 Å². The number of benzene rings is 2. The van der Waals surface area contributed by atoms with E-state index in [1.54, 1.807) is 34.0 Å². The van der Waals surface area contributed by atoms with Crippen molar-refractivity contribution in [3.8, 4) is 11.4 Å². The molecular formula is C30H35N5O2. The van der Waals surface area contributed by atoms with Crippen LogP contribution < -0.4 is 5.32 Å². The number of carbonyl (C=O) groups is 2. The SMILES string of the molecule is Cc1ccc(-c2ncccn2)c(C(=O)N(C)[C@H](CCNC(=O)c2cccn2C)CCc2ccccc2)c1.[HH]. The smallest absolute Gasteiger partial charge is 0.267 e. The molecule has 4 rings (SSSR count). The highest BCUT2D eigenvalue weighted by molar-refractivity contribution is 6.00. The minimum Gasteiger partial charge on any atom is -0.351 e. The first-order valence-electron chi connectivity index (χ1n) is 12.5. The molecule has 0 spiro atoms. The van der Waals surface area contributed by atoms with Gasteiger partial charge in [-0.2, -0.15) is 0 Å². The first-order valence-corrected chi connectivity index (χ1v) is 12.5. The molecule has 0 saturated carbocycles. The van der Waals surface area contributed by atoms with Gasteiger partial charge < -0.3 is 14.8 Å². The van der Waals surface area contributed by atoms with E-state index < -0.39 is 0 Å². The number of aromatic nitrogens is 3. The van der Waals surface area contributed by atoms with Gasteiger partial charge in [-0.3, -0.25) is 9.59 Å². The number of nitrogens with one attached hydrogen (secondary N) is 1. The van der Waals surface area contributed by atoms with Crippen LogP contribution in [0.1, 0.15) is 46.2 Å². The lowest BCUT2D eigenvalue weighted by atomic mass is 9.98. The Kier molecular flexibility index (Phi) is 8.46. The van der Waals surface area contributed by atoms with Crippen LogP contribution in [-0.4, -0.2) is 50.9 Å². The summed E-state index contributed by atoms with van der Waals surface area (Å²) in [5.41, 5.74) is 4.10. The third-order valence-corrected chi connectivity index (χ3v) is 6.63. The van der Waals surface area contributed by atoms with Crippen molar-refractivity contribution >= 4 is 11.8 Å². The molecule has 37 heavy (non-hydrogen) atoms. The van der Waals surface area contributed by atoms with Crippen LogP contribution in [0.4, 0.5) is 0 Å². The fourth-order valence-corrected chi connectivity index (χ4v) is 4.47. The molecule has 0 unspecified atom stereocenters. The Morgan fingerprint density at radius 3 is 2.46 bits per heavy atom. The van der Waals surface area contributed by atoms with E-state index in [4.69, 9.17) is 0 Å². The van der Waals surface area contributed by atoms with Crippen molar-refractivity contribution in [2.75, 3.05) is 13.6 Å². The largest absolute Gasteiger partial charge is 0.351 e. The highest BCUT2D eigenvalue weighted by Gasteiger charge is 2.24. The zero-order valence-electron chi connectivity index (χ0n) is 21.6. The van der Waals surface area contributed by atoms with Gasteiger partial charge in [0.15, 0.2) is 5.82 Å². The molecule has 0 aliphatic rings. The van der Waals surface area contributed by atoms with Crippen LogP contribution in [0.15, 0.2) is 85.3 Å². The number of aryl methyl sites for hydroxylation is 3. The van der Waals surface area contributed by atoms with Gasteiger partial charge in [0, 0.05) is 52.3 Å². The van der Waals surface area contributed by atoms with Gasteiger partial charge in [0.1, 0.15) is 5.69 Å². The van der Waals surface area contributed by atoms with Crippen LogP contribution >= 0.6 is 0 Å². The van der Waals surface area contributed by atoms with Gasteiger partial charge in [-0.1, -0.05) is 48.0 Å². The molecule has 0 radical (unpaired) electrons. The summed E-state index contributed by atoms with van der Waals surface area (Å²) in [6.45, 7) is 2.43. The van der Waals surface area contributed by atoms with Crippen molar-refractivity contribution in [2.45, 2.75) is 32.2 Å². The van der Waals surface area contributed by atoms with Gasteiger partial charge in [0.2, 0.25) is 0 Å². The monoisotopic (exact) mass is 497 g/mol. The molecule has 2 aromatic carbocycles. The standard InChI is InChI=1S/C30H33N5O2.H2/c1-22-12-15-25(28-31-17-8-18-32-28)26(21-22)30(37)35(3)24(14-13-23-9-5-4-6-10-23)16-19-33-29(36)27-11-7-20-34(27)2;/h4-12,15,17-18,20-21,24H,13-14,16,19H2,1-3H3,(H,33,36);1H/t24-;/m0./s1. The van der Waals surface area contributed by atoms with E-state index in [0.29, 0.717) is 35.6 Å². The zero-order chi connectivity index (χ0) is 26.2. The summed E-state index contributed by atoms with van der Waals surface area (Å²) in [4.78, 5) is 37.0. The van der Waals surface area contributed by atoms with Gasteiger partial charge in [-0.15, -0.1) is 0 Å². The third kappa shape index (κ3) is 6.50. The number of amides is 2. The van der Waals surface area contributed by atoms with Gasteiger partial charge in [-0.05, 0) is 56.0 Å². The molecule has 7 heteroatoms. The van der Waals surface area contributed by atoms with Crippen LogP contribution in [0, 0.1) is 6.92 Å². The molecular weight excluding hydrogens is 462 g/mol. The summed E-state index contributed by atoms with van der Waals surface area (Å²) in [6.07, 6.45) is 7.44. The first kappa shape index (κ1) is 25.8. The van der Waals surface area contributed by atoms with Crippen LogP contribution in [0.25, 0.3) is 11.4 Å². The van der Waals surface area contributed by atoms with Crippen LogP contribution in [0.3, 0.4) is 0 Å². The molecule has 2 amide bonds. The highest BCUT2D eigenvalue weighted by Crippen LogP contribution is 2.24. The quantitative estimate of drug-likeness (QED) is 0.337. The fraction of sp³-hybridized carbons (Fsp3) is 0.267. The molecule has 0 aliphatic carbocycles. The minimum atomic E-state index is -0.120. The molecule has 0 saturated heterocycles. The van der Waals surface area contributed by atoms with Crippen molar-refractivity contribution in [1.82, 2.24) is 24.8 Å². The molecule has 192 valence electrons. The Balaban J connectivity index is 0.00000400. The molecule has 0 fully saturated rings. The van der Waals surface area contributed by atoms with Gasteiger partial charge in [-0.25, -0.2) is 9.97 Å². The predicted octanol–water partition coefficient (Wildman–Crippen LogP) is 4.93. The molecule has 0 bridgehead atoms. The van der Waals surface area contributed by atoms with Crippen molar-refractivity contribution in [2.24, 2.45) is 7.05 Å². The number of hydrogen-bond acceptors (Lipinski definition) is 4. The van der Waals surface area contributed by atoms with E-state index in [9.17, 15) is 9.59 Å². The number of carbonyl (C=O) groups excluding carboxylic acids is 2. The molecule has 2 heterocycles. The summed E-state index contributed by atoms with van der Waals surface area (Å²) in [5.74, 6) is 0.318. The Morgan fingerprint density at radius 1 is 1.00 bits per heavy atom. The maximum atomic E-state index is 13.9. The lowest BCUT2D eigenvalue weighted by molar-refractivity contribution is 0.0716. The normalized spacial score (nSPS) is 11.6. The summed E-state index contributed by atoms with van der Waals surface area (Å²) in [6, 6.07) is 21.3. The summed E-state index contributed by atoms with van der Waals surface area (Å²) >= 11 is 0. The maximum Gasteiger partial charge on any atom is 0.267 e. The summed E-state index contributed by atoms with van der Waals surface area (Å²) < 4.78 is 1.79. The van der Waals surface area contributed by atoms with Crippen LogP contribution in [0.2, 0.25) is 0 Å². The van der Waals surface area contributed by atoms with E-state index in [1.807, 2.05) is 69.7 Å². The number of rotatable bonds is 10. The average Bonchev–Trinajstić information content (AvgIpc) is 3.36. The summed E-state index contributed by atoms with van der Waals surface area (Å²) in [7, 11) is 3.69. The molecule has 4 aromatic rings. The van der Waals surface area contributed by atoms with E-state index in [1.165, 1.54) is 5.56 Å². The second kappa shape index (κ2) is 12.1. The second-order valence-corrected chi connectivity index (χ2v) is 9.26. The Morgan fingerprint density at radius 2 is 1.76 bits per heavy atom. The third-order valence-electron chi connectivity index (χ3n) is 6.63. The molecule has 0 aliphatic heterocycles. The van der Waals surface area contributed by atoms with Crippen molar-refractivity contribution in [3.63, 3.8) is 0 Å². The topological polar surface area (TPSA) is 80.1 Å². The van der Waals surface area contributed by atoms with Crippen molar-refractivity contribution in [1.29, 1.82) is 0 Å². The fourth-order valence-electron chi connectivity index (χ4n) is 4.47. The van der Waals surface area contributed by atoms with Gasteiger partial charge >= 0.3 is 0 Å². The first-order chi connectivity index (χ1) is 17.9. The van der Waals surface area contributed by atoms with Crippen LogP contribution in [0.5, 0.6) is 0 Å². The number of nitrogens with zero attached hydrogens (tertiary/aromatic N) is 4. The van der Waals surface area contributed by atoms with E-state index >= 15 is 0 Å². The molecule has 7 nitrogen and oxygen atoms in total. The lowest BCUT2D eigenvalue weighted by Crippen LogP contribution is -2.40. The predicted molar refractivity (Wildman–Crippen MR) is 147 cm³/mol. The maximum absolute atomic E-state index is 13.9. The Labute approximate surface area is 219 Å². The summed E-state index contributed by atoms with van der Waals surface area (Å²) in [5, 5.41) is 3.02. The van der Waals surface area contributed by atoms with E-state index in [-0.39, 0.29) is 19.3 Å². The number of hydrogen-bond donors (Lipinski definition) is 1. The minimum absolute atomic E-state index is 0.